The van der Waals surface area contributed by atoms with Gasteiger partial charge in [0.1, 0.15) is 5.82 Å². The fourth-order valence-corrected chi connectivity index (χ4v) is 3.04. The summed E-state index contributed by atoms with van der Waals surface area (Å²) < 4.78 is 40.9. The molecule has 0 aromatic heterocycles. The first-order chi connectivity index (χ1) is 9.97. The summed E-state index contributed by atoms with van der Waals surface area (Å²) in [6.07, 6.45) is -0.404. The normalized spacial score (nSPS) is 18.0. The minimum atomic E-state index is -2.70. The van der Waals surface area contributed by atoms with Gasteiger partial charge in [-0.05, 0) is 29.0 Å². The van der Waals surface area contributed by atoms with Crippen molar-refractivity contribution in [2.75, 3.05) is 5.32 Å². The Morgan fingerprint density at radius 1 is 1.36 bits per heavy atom. The summed E-state index contributed by atoms with van der Waals surface area (Å²) in [4.78, 5) is 12.0. The lowest BCUT2D eigenvalue weighted by atomic mass is 9.76. The molecule has 1 amide bonds. The van der Waals surface area contributed by atoms with Crippen molar-refractivity contribution in [2.24, 2.45) is 5.41 Å². The highest BCUT2D eigenvalue weighted by atomic mass is 79.9. The Hall–Kier alpha value is -1.04. The van der Waals surface area contributed by atoms with Crippen molar-refractivity contribution in [1.82, 2.24) is 0 Å². The molecule has 0 atom stereocenters. The van der Waals surface area contributed by atoms with E-state index >= 15 is 0 Å². The highest BCUT2D eigenvalue weighted by Gasteiger charge is 2.47. The fraction of sp³-hybridized carbons (Fsp3) is 0.562. The fourth-order valence-electron chi connectivity index (χ4n) is 2.59. The lowest BCUT2D eigenvalue weighted by Gasteiger charge is -2.36. The van der Waals surface area contributed by atoms with Gasteiger partial charge in [0, 0.05) is 23.7 Å². The Kier molecular flexibility index (Phi) is 4.62. The molecule has 122 valence electrons. The molecule has 2 rings (SSSR count). The van der Waals surface area contributed by atoms with Gasteiger partial charge in [0.05, 0.1) is 5.69 Å². The number of alkyl halides is 2. The van der Waals surface area contributed by atoms with E-state index < -0.39 is 17.7 Å². The number of anilines is 1. The molecule has 1 aliphatic carbocycles. The molecule has 0 radical (unpaired) electrons. The Morgan fingerprint density at radius 2 is 1.95 bits per heavy atom. The zero-order valence-electron chi connectivity index (χ0n) is 12.8. The van der Waals surface area contributed by atoms with Crippen molar-refractivity contribution >= 4 is 27.5 Å². The first-order valence-electron chi connectivity index (χ1n) is 7.13. The molecular formula is C16H19BrF3NO. The summed E-state index contributed by atoms with van der Waals surface area (Å²) in [5, 5.41) is 2.56. The number of amides is 1. The van der Waals surface area contributed by atoms with Gasteiger partial charge < -0.3 is 5.32 Å². The van der Waals surface area contributed by atoms with E-state index in [0.717, 1.165) is 0 Å². The van der Waals surface area contributed by atoms with Crippen LogP contribution in [0.25, 0.3) is 0 Å². The van der Waals surface area contributed by atoms with Crippen molar-refractivity contribution in [3.05, 3.63) is 28.0 Å². The van der Waals surface area contributed by atoms with E-state index in [9.17, 15) is 18.0 Å². The van der Waals surface area contributed by atoms with Crippen LogP contribution in [0.5, 0.6) is 0 Å². The lowest BCUT2D eigenvalue weighted by Crippen LogP contribution is -2.34. The standard InChI is InChI=1S/C16H19BrF3NO/c1-15(2,3)8-13(22)21-14-11(4-10(17)5-12(14)18)9-6-16(19,20)7-9/h4-5,9H,6-8H2,1-3H3,(H,21,22). The van der Waals surface area contributed by atoms with Gasteiger partial charge in [0.2, 0.25) is 11.8 Å². The predicted octanol–water partition coefficient (Wildman–Crippen LogP) is 5.48. The average Bonchev–Trinajstić information content (AvgIpc) is 2.26. The summed E-state index contributed by atoms with van der Waals surface area (Å²) in [6, 6.07) is 2.84. The summed E-state index contributed by atoms with van der Waals surface area (Å²) in [7, 11) is 0. The molecule has 0 spiro atoms. The number of nitrogens with one attached hydrogen (secondary N) is 1. The topological polar surface area (TPSA) is 29.1 Å². The molecule has 1 aliphatic rings. The number of hydrogen-bond acceptors (Lipinski definition) is 1. The molecule has 0 saturated heterocycles. The summed E-state index contributed by atoms with van der Waals surface area (Å²) in [5.74, 6) is -4.06. The molecule has 0 heterocycles. The maximum atomic E-state index is 14.2. The van der Waals surface area contributed by atoms with Crippen LogP contribution in [0.4, 0.5) is 18.9 Å². The summed E-state index contributed by atoms with van der Waals surface area (Å²) >= 11 is 3.17. The molecule has 0 bridgehead atoms. The van der Waals surface area contributed by atoms with E-state index in [1.165, 1.54) is 6.07 Å². The number of hydrogen-bond donors (Lipinski definition) is 1. The average molecular weight is 378 g/mol. The first-order valence-corrected chi connectivity index (χ1v) is 7.93. The Bertz CT molecular complexity index is 588. The maximum Gasteiger partial charge on any atom is 0.249 e. The van der Waals surface area contributed by atoms with Crippen molar-refractivity contribution in [3.8, 4) is 0 Å². The van der Waals surface area contributed by atoms with Gasteiger partial charge in [-0.1, -0.05) is 36.7 Å². The zero-order valence-corrected chi connectivity index (χ0v) is 14.4. The van der Waals surface area contributed by atoms with Crippen molar-refractivity contribution < 1.29 is 18.0 Å². The highest BCUT2D eigenvalue weighted by Crippen LogP contribution is 2.50. The minimum absolute atomic E-state index is 0.0259. The third kappa shape index (κ3) is 4.24. The van der Waals surface area contributed by atoms with Crippen LogP contribution < -0.4 is 5.32 Å². The quantitative estimate of drug-likeness (QED) is 0.742. The molecule has 1 N–H and O–H groups in total. The van der Waals surface area contributed by atoms with Gasteiger partial charge in [-0.3, -0.25) is 4.79 Å². The van der Waals surface area contributed by atoms with Gasteiger partial charge in [0.15, 0.2) is 0 Å². The van der Waals surface area contributed by atoms with Crippen LogP contribution in [-0.4, -0.2) is 11.8 Å². The van der Waals surface area contributed by atoms with E-state index in [1.807, 2.05) is 20.8 Å². The van der Waals surface area contributed by atoms with Crippen LogP contribution in [0.1, 0.15) is 51.5 Å². The Morgan fingerprint density at radius 3 is 2.45 bits per heavy atom. The Balaban J connectivity index is 2.25. The molecule has 0 aliphatic heterocycles. The molecule has 6 heteroatoms. The second-order valence-electron chi connectivity index (χ2n) is 7.10. The maximum absolute atomic E-state index is 14.2. The number of benzene rings is 1. The van der Waals surface area contributed by atoms with Crippen LogP contribution in [0.15, 0.2) is 16.6 Å². The van der Waals surface area contributed by atoms with Gasteiger partial charge >= 0.3 is 0 Å². The summed E-state index contributed by atoms with van der Waals surface area (Å²) in [6.45, 7) is 5.70. The number of halogens is 4. The zero-order chi connectivity index (χ0) is 16.7. The predicted molar refractivity (Wildman–Crippen MR) is 83.7 cm³/mol. The van der Waals surface area contributed by atoms with E-state index in [0.29, 0.717) is 10.0 Å². The van der Waals surface area contributed by atoms with Gasteiger partial charge in [-0.15, -0.1) is 0 Å². The van der Waals surface area contributed by atoms with Crippen LogP contribution in [0.2, 0.25) is 0 Å². The lowest BCUT2D eigenvalue weighted by molar-refractivity contribution is -0.117. The number of carbonyl (C=O) groups is 1. The Labute approximate surface area is 136 Å². The van der Waals surface area contributed by atoms with Crippen LogP contribution >= 0.6 is 15.9 Å². The van der Waals surface area contributed by atoms with Crippen LogP contribution in [0, 0.1) is 11.2 Å². The van der Waals surface area contributed by atoms with E-state index in [2.05, 4.69) is 21.2 Å². The van der Waals surface area contributed by atoms with E-state index in [-0.39, 0.29) is 36.3 Å². The largest absolute Gasteiger partial charge is 0.323 e. The monoisotopic (exact) mass is 377 g/mol. The number of rotatable bonds is 3. The molecule has 22 heavy (non-hydrogen) atoms. The van der Waals surface area contributed by atoms with Gasteiger partial charge in [-0.25, -0.2) is 13.2 Å². The van der Waals surface area contributed by atoms with Crippen LogP contribution in [-0.2, 0) is 4.79 Å². The number of carbonyl (C=O) groups excluding carboxylic acids is 1. The van der Waals surface area contributed by atoms with Crippen molar-refractivity contribution in [1.29, 1.82) is 0 Å². The van der Waals surface area contributed by atoms with E-state index in [4.69, 9.17) is 0 Å². The molecule has 2 nitrogen and oxygen atoms in total. The second kappa shape index (κ2) is 5.87. The van der Waals surface area contributed by atoms with Crippen LogP contribution in [0.3, 0.4) is 0 Å². The smallest absolute Gasteiger partial charge is 0.249 e. The molecule has 0 unspecified atom stereocenters. The molecular weight excluding hydrogens is 359 g/mol. The van der Waals surface area contributed by atoms with Crippen molar-refractivity contribution in [3.63, 3.8) is 0 Å². The summed E-state index contributed by atoms with van der Waals surface area (Å²) in [5.41, 5.74) is 0.220. The SMILES string of the molecule is CC(C)(C)CC(=O)Nc1c(F)cc(Br)cc1C1CC(F)(F)C1. The highest BCUT2D eigenvalue weighted by molar-refractivity contribution is 9.10. The first kappa shape index (κ1) is 17.3. The molecule has 1 aromatic carbocycles. The molecule has 1 fully saturated rings. The van der Waals surface area contributed by atoms with E-state index in [1.54, 1.807) is 6.07 Å². The van der Waals surface area contributed by atoms with Gasteiger partial charge in [-0.2, -0.15) is 0 Å². The second-order valence-corrected chi connectivity index (χ2v) is 8.01. The third-order valence-corrected chi connectivity index (χ3v) is 4.03. The van der Waals surface area contributed by atoms with Crippen molar-refractivity contribution in [2.45, 2.75) is 51.9 Å². The molecule has 1 saturated carbocycles. The third-order valence-electron chi connectivity index (χ3n) is 3.57. The molecule has 1 aromatic rings. The minimum Gasteiger partial charge on any atom is -0.323 e. The van der Waals surface area contributed by atoms with Gasteiger partial charge in [0.25, 0.3) is 0 Å².